The maximum Gasteiger partial charge on any atom is 0.308 e. The van der Waals surface area contributed by atoms with Gasteiger partial charge in [0.1, 0.15) is 23.1 Å². The van der Waals surface area contributed by atoms with Crippen LogP contribution in [0.4, 0.5) is 8.78 Å². The number of carbonyl (C=O) groups is 4. The number of rotatable bonds is 19. The van der Waals surface area contributed by atoms with Gasteiger partial charge in [-0.15, -0.1) is 22.7 Å². The van der Waals surface area contributed by atoms with Gasteiger partial charge in [-0.25, -0.2) is 8.78 Å². The van der Waals surface area contributed by atoms with Crippen molar-refractivity contribution in [2.45, 2.75) is 89.7 Å². The lowest BCUT2D eigenvalue weighted by Gasteiger charge is -2.22. The highest BCUT2D eigenvalue weighted by Crippen LogP contribution is 2.38. The zero-order chi connectivity index (χ0) is 49.4. The van der Waals surface area contributed by atoms with Crippen molar-refractivity contribution < 1.29 is 74.5 Å². The quantitative estimate of drug-likeness (QED) is 0.0343. The number of halogens is 2. The van der Waals surface area contributed by atoms with E-state index in [-0.39, 0.29) is 48.0 Å². The van der Waals surface area contributed by atoms with E-state index >= 15 is 4.39 Å². The maximum atomic E-state index is 15.3. The van der Waals surface area contributed by atoms with E-state index < -0.39 is 39.7 Å². The van der Waals surface area contributed by atoms with Crippen LogP contribution in [0, 0.1) is 30.4 Å². The van der Waals surface area contributed by atoms with Crippen molar-refractivity contribution in [2.75, 3.05) is 48.3 Å². The molecule has 3 atom stereocenters. The Morgan fingerprint density at radius 3 is 1.64 bits per heavy atom. The molecule has 0 radical (unpaired) electrons. The second kappa shape index (κ2) is 26.0. The highest BCUT2D eigenvalue weighted by molar-refractivity contribution is 7.85. The Kier molecular flexibility index (Phi) is 21.3. The fourth-order valence-corrected chi connectivity index (χ4v) is 9.58. The average molecular weight is 993 g/mol. The van der Waals surface area contributed by atoms with Gasteiger partial charge in [0.2, 0.25) is 0 Å². The van der Waals surface area contributed by atoms with Crippen LogP contribution < -0.4 is 9.47 Å². The number of esters is 2. The normalized spacial score (nSPS) is 14.5. The third kappa shape index (κ3) is 15.3. The fraction of sp³-hybridized carbons (Fsp3) is 0.458. The summed E-state index contributed by atoms with van der Waals surface area (Å²) in [5.74, 6) is -2.37. The molecule has 0 saturated carbocycles. The Morgan fingerprint density at radius 1 is 0.761 bits per heavy atom. The third-order valence-electron chi connectivity index (χ3n) is 10.7. The van der Waals surface area contributed by atoms with E-state index in [0.717, 1.165) is 31.4 Å². The molecule has 19 heteroatoms. The first-order valence-corrected chi connectivity index (χ1v) is 24.6. The van der Waals surface area contributed by atoms with Crippen molar-refractivity contribution >= 4 is 76.5 Å². The number of Topliss-reactive ketones (excluding diaryl/α,β-unsaturated/α-hetero) is 2. The number of thiophene rings is 2. The summed E-state index contributed by atoms with van der Waals surface area (Å²) in [5, 5.41) is 9.73. The molecule has 0 aliphatic carbocycles. The van der Waals surface area contributed by atoms with Gasteiger partial charge >= 0.3 is 11.9 Å². The van der Waals surface area contributed by atoms with Gasteiger partial charge in [-0.05, 0) is 88.3 Å². The van der Waals surface area contributed by atoms with Gasteiger partial charge < -0.3 is 33.5 Å². The molecule has 0 amide bonds. The van der Waals surface area contributed by atoms with Crippen molar-refractivity contribution in [3.05, 3.63) is 86.6 Å². The van der Waals surface area contributed by atoms with E-state index in [1.807, 2.05) is 6.92 Å². The lowest BCUT2D eigenvalue weighted by molar-refractivity contribution is -0.162. The minimum atomic E-state index is -4.02. The Balaban J connectivity index is 0.000000242. The topological polar surface area (TPSA) is 198 Å². The number of aliphatic hydroxyl groups excluding tert-OH is 1. The molecule has 3 aromatic carbocycles. The summed E-state index contributed by atoms with van der Waals surface area (Å²) in [4.78, 5) is 48.8. The number of aryl methyl sites for hydroxylation is 1. The minimum Gasteiger partial charge on any atom is -0.496 e. The van der Waals surface area contributed by atoms with Crippen molar-refractivity contribution in [1.82, 2.24) is 0 Å². The van der Waals surface area contributed by atoms with Crippen molar-refractivity contribution in [3.8, 4) is 11.5 Å². The number of hydrogen-bond acceptors (Lipinski definition) is 15. The summed E-state index contributed by atoms with van der Waals surface area (Å²) in [6.07, 6.45) is 4.77. The summed E-state index contributed by atoms with van der Waals surface area (Å²) < 4.78 is 92.2. The summed E-state index contributed by atoms with van der Waals surface area (Å²) in [6, 6.07) is 12.5. The average Bonchev–Trinajstić information content (AvgIpc) is 3.96. The molecule has 366 valence electrons. The Labute approximate surface area is 397 Å². The molecule has 2 N–H and O–H groups in total. The first kappa shape index (κ1) is 54.7. The van der Waals surface area contributed by atoms with Crippen LogP contribution in [-0.4, -0.2) is 96.1 Å². The third-order valence-corrected chi connectivity index (χ3v) is 13.9. The van der Waals surface area contributed by atoms with E-state index in [0.29, 0.717) is 84.8 Å². The molecule has 1 fully saturated rings. The van der Waals surface area contributed by atoms with Crippen LogP contribution in [0.15, 0.2) is 53.4 Å². The summed E-state index contributed by atoms with van der Waals surface area (Å²) in [6.45, 7) is 6.26. The Hall–Kier alpha value is -4.89. The molecule has 1 aliphatic rings. The molecule has 5 aromatic rings. The molecule has 3 heterocycles. The summed E-state index contributed by atoms with van der Waals surface area (Å²) in [7, 11) is 1.51. The largest absolute Gasteiger partial charge is 0.496 e. The van der Waals surface area contributed by atoms with Gasteiger partial charge in [-0.1, -0.05) is 31.5 Å². The number of benzene rings is 3. The second-order valence-corrected chi connectivity index (χ2v) is 19.4. The van der Waals surface area contributed by atoms with Crippen LogP contribution in [0.25, 0.3) is 20.2 Å². The molecule has 0 spiro atoms. The number of fused-ring (bicyclic) bond motifs is 2. The van der Waals surface area contributed by atoms with Gasteiger partial charge in [-0.2, -0.15) is 8.42 Å². The van der Waals surface area contributed by atoms with E-state index in [4.69, 9.17) is 28.6 Å². The number of aliphatic hydroxyl groups is 1. The number of methoxy groups -OCH3 is 4. The monoisotopic (exact) mass is 992 g/mol. The molecule has 1 unspecified atom stereocenters. The first-order chi connectivity index (χ1) is 31.9. The zero-order valence-electron chi connectivity index (χ0n) is 38.6. The van der Waals surface area contributed by atoms with Gasteiger partial charge in [0.05, 0.1) is 61.5 Å². The van der Waals surface area contributed by atoms with E-state index in [9.17, 15) is 32.0 Å². The van der Waals surface area contributed by atoms with E-state index in [1.54, 1.807) is 44.2 Å². The Morgan fingerprint density at radius 2 is 1.24 bits per heavy atom. The molecule has 1 saturated heterocycles. The molecule has 67 heavy (non-hydrogen) atoms. The van der Waals surface area contributed by atoms with Crippen LogP contribution in [0.5, 0.6) is 11.5 Å². The second-order valence-electron chi connectivity index (χ2n) is 15.8. The maximum absolute atomic E-state index is 15.3. The van der Waals surface area contributed by atoms with E-state index in [2.05, 4.69) is 9.47 Å². The molecular weight excluding hydrogens is 935 g/mol. The van der Waals surface area contributed by atoms with Crippen molar-refractivity contribution in [3.63, 3.8) is 0 Å². The van der Waals surface area contributed by atoms with Crippen LogP contribution in [0.2, 0.25) is 0 Å². The van der Waals surface area contributed by atoms with Crippen LogP contribution >= 0.6 is 22.7 Å². The number of ether oxygens (including phenoxy) is 6. The predicted octanol–water partition coefficient (Wildman–Crippen LogP) is 9.50. The molecular formula is C48H58F2O14S3. The SMILES string of the molecule is COC(=O)[C@@H](C)CC(=O)c1cc2c(F)c(CCCO)c(OC)cc2s1.COC(=O)[C@@H](C)CC(=O)c1cc2c(F)c(CCCOC3CCCCO3)c(OC)cc2s1.Cc1ccc(S(=O)(=O)O)cc1. The zero-order valence-corrected chi connectivity index (χ0v) is 41.1. The van der Waals surface area contributed by atoms with Crippen molar-refractivity contribution in [1.29, 1.82) is 0 Å². The van der Waals surface area contributed by atoms with Gasteiger partial charge in [0.15, 0.2) is 17.9 Å². The molecule has 1 aliphatic heterocycles. The number of carbonyl (C=O) groups excluding carboxylic acids is 4. The Bertz CT molecular complexity index is 2580. The standard InChI is InChI=1S/C23H29FO6S.C18H21FO5S.C7H8O3S/c1-14(23(26)28-3)11-17(25)20-12-16-19(31-20)13-18(27-2)15(22(16)24)7-6-10-30-21-8-4-5-9-29-21;1-10(18(22)24-3)7-13(21)16-8-12-15(25-16)9-14(23-2)11(17(12)19)5-4-6-20;1-6-2-4-7(5-3-6)11(8,9)10/h12-14,21H,4-11H2,1-3H3;8-10,20H,4-7H2,1-3H3;2-5H,1H3,(H,8,9,10)/t14-,21?;10-;/m00./s1. The predicted molar refractivity (Wildman–Crippen MR) is 251 cm³/mol. The molecule has 0 bridgehead atoms. The molecule has 6 rings (SSSR count). The highest BCUT2D eigenvalue weighted by Gasteiger charge is 2.25. The van der Waals surface area contributed by atoms with Crippen LogP contribution in [0.1, 0.15) is 94.8 Å². The molecule has 2 aromatic heterocycles. The van der Waals surface area contributed by atoms with Gasteiger partial charge in [0, 0.05) is 57.4 Å². The van der Waals surface area contributed by atoms with E-state index in [1.165, 1.54) is 69.3 Å². The van der Waals surface area contributed by atoms with Crippen LogP contribution in [-0.2, 0) is 51.5 Å². The van der Waals surface area contributed by atoms with Crippen LogP contribution in [0.3, 0.4) is 0 Å². The van der Waals surface area contributed by atoms with Gasteiger partial charge in [0.25, 0.3) is 10.1 Å². The number of ketones is 2. The van der Waals surface area contributed by atoms with Crippen molar-refractivity contribution in [2.24, 2.45) is 11.8 Å². The van der Waals surface area contributed by atoms with Gasteiger partial charge in [-0.3, -0.25) is 23.7 Å². The summed E-state index contributed by atoms with van der Waals surface area (Å²) in [5.41, 5.74) is 1.82. The highest BCUT2D eigenvalue weighted by atomic mass is 32.2. The number of hydrogen-bond donors (Lipinski definition) is 2. The summed E-state index contributed by atoms with van der Waals surface area (Å²) >= 11 is 2.38. The smallest absolute Gasteiger partial charge is 0.308 e. The lowest BCUT2D eigenvalue weighted by Crippen LogP contribution is -2.22. The molecule has 14 nitrogen and oxygen atoms in total. The first-order valence-electron chi connectivity index (χ1n) is 21.5. The minimum absolute atomic E-state index is 0.00954. The lowest BCUT2D eigenvalue weighted by atomic mass is 10.0. The fourth-order valence-electron chi connectivity index (χ4n) is 7.03.